The number of hydrogen-bond acceptors (Lipinski definition) is 3. The molecule has 2 fully saturated rings. The number of thiophene rings is 1. The standard InChI is InChI=1S/C23H27N3OS/c1-15-18-10-19(28-21(18)26(24-15)16-8-6-5-7-9-16)20(27)25-14-23(4)12-17(25)11-22(2,3)13-23/h5-10,17H,11-14H2,1-4H3/t17-,23-/m1/s1. The lowest BCUT2D eigenvalue weighted by Crippen LogP contribution is -2.37. The molecule has 146 valence electrons. The van der Waals surface area contributed by atoms with E-state index in [1.165, 1.54) is 6.42 Å². The number of carbonyl (C=O) groups is 1. The number of aryl methyl sites for hydroxylation is 1. The molecule has 3 heterocycles. The lowest BCUT2D eigenvalue weighted by Gasteiger charge is -2.39. The second-order valence-corrected chi connectivity index (χ2v) is 10.8. The van der Waals surface area contributed by atoms with Gasteiger partial charge in [0, 0.05) is 18.0 Å². The molecule has 0 spiro atoms. The van der Waals surface area contributed by atoms with Crippen LogP contribution in [0.3, 0.4) is 0 Å². The molecule has 2 bridgehead atoms. The molecule has 1 aliphatic carbocycles. The molecule has 0 radical (unpaired) electrons. The van der Waals surface area contributed by atoms with Crippen molar-refractivity contribution in [2.24, 2.45) is 10.8 Å². The van der Waals surface area contributed by atoms with E-state index in [9.17, 15) is 4.79 Å². The van der Waals surface area contributed by atoms with Crippen molar-refractivity contribution in [3.05, 3.63) is 47.0 Å². The van der Waals surface area contributed by atoms with Crippen molar-refractivity contribution in [3.63, 3.8) is 0 Å². The zero-order valence-corrected chi connectivity index (χ0v) is 17.8. The summed E-state index contributed by atoms with van der Waals surface area (Å²) in [6, 6.07) is 12.6. The Morgan fingerprint density at radius 2 is 1.93 bits per heavy atom. The van der Waals surface area contributed by atoms with E-state index in [1.54, 1.807) is 11.3 Å². The van der Waals surface area contributed by atoms with Crippen molar-refractivity contribution in [2.45, 2.75) is 53.0 Å². The molecular weight excluding hydrogens is 366 g/mol. The van der Waals surface area contributed by atoms with Crippen LogP contribution in [0.25, 0.3) is 15.9 Å². The zero-order chi connectivity index (χ0) is 19.7. The first-order chi connectivity index (χ1) is 13.2. The predicted octanol–water partition coefficient (Wildman–Crippen LogP) is 5.44. The summed E-state index contributed by atoms with van der Waals surface area (Å²) in [5.41, 5.74) is 2.59. The molecule has 1 saturated heterocycles. The monoisotopic (exact) mass is 393 g/mol. The van der Waals surface area contributed by atoms with Gasteiger partial charge in [0.1, 0.15) is 4.83 Å². The number of fused-ring (bicyclic) bond motifs is 3. The maximum Gasteiger partial charge on any atom is 0.264 e. The SMILES string of the molecule is Cc1nn(-c2ccccc2)c2sc(C(=O)N3C[C@]4(C)C[C@H]3CC(C)(C)C4)cc12. The van der Waals surface area contributed by atoms with Crippen molar-refractivity contribution < 1.29 is 4.79 Å². The Morgan fingerprint density at radius 3 is 2.68 bits per heavy atom. The predicted molar refractivity (Wildman–Crippen MR) is 114 cm³/mol. The number of hydrogen-bond donors (Lipinski definition) is 0. The van der Waals surface area contributed by atoms with Gasteiger partial charge in [-0.1, -0.05) is 39.0 Å². The summed E-state index contributed by atoms with van der Waals surface area (Å²) in [5, 5.41) is 5.79. The topological polar surface area (TPSA) is 38.1 Å². The number of likely N-dealkylation sites (tertiary alicyclic amines) is 1. The van der Waals surface area contributed by atoms with E-state index >= 15 is 0 Å². The summed E-state index contributed by atoms with van der Waals surface area (Å²) in [7, 11) is 0. The van der Waals surface area contributed by atoms with E-state index in [2.05, 4.69) is 43.9 Å². The Kier molecular flexibility index (Phi) is 3.80. The van der Waals surface area contributed by atoms with Gasteiger partial charge in [0.2, 0.25) is 0 Å². The van der Waals surface area contributed by atoms with Gasteiger partial charge in [0.15, 0.2) is 0 Å². The molecule has 1 aliphatic heterocycles. The van der Waals surface area contributed by atoms with Crippen molar-refractivity contribution in [1.82, 2.24) is 14.7 Å². The van der Waals surface area contributed by atoms with Gasteiger partial charge in [-0.2, -0.15) is 5.10 Å². The average Bonchev–Trinajstić information content (AvgIpc) is 3.26. The van der Waals surface area contributed by atoms with Crippen molar-refractivity contribution >= 4 is 27.5 Å². The zero-order valence-electron chi connectivity index (χ0n) is 17.0. The van der Waals surface area contributed by atoms with Gasteiger partial charge in [0.05, 0.1) is 16.3 Å². The van der Waals surface area contributed by atoms with E-state index < -0.39 is 0 Å². The lowest BCUT2D eigenvalue weighted by molar-refractivity contribution is 0.0713. The number of para-hydroxylation sites is 1. The highest BCUT2D eigenvalue weighted by Crippen LogP contribution is 2.53. The normalized spacial score (nSPS) is 26.1. The van der Waals surface area contributed by atoms with Gasteiger partial charge in [0.25, 0.3) is 5.91 Å². The minimum atomic E-state index is 0.201. The van der Waals surface area contributed by atoms with Crippen LogP contribution in [0.1, 0.15) is 55.4 Å². The molecule has 4 nitrogen and oxygen atoms in total. The van der Waals surface area contributed by atoms with Crippen LogP contribution >= 0.6 is 11.3 Å². The third-order valence-corrected chi connectivity index (χ3v) is 7.53. The van der Waals surface area contributed by atoms with Crippen LogP contribution in [0.4, 0.5) is 0 Å². The van der Waals surface area contributed by atoms with Crippen LogP contribution in [0, 0.1) is 17.8 Å². The summed E-state index contributed by atoms with van der Waals surface area (Å²) < 4.78 is 1.97. The van der Waals surface area contributed by atoms with E-state index in [0.29, 0.717) is 11.5 Å². The quantitative estimate of drug-likeness (QED) is 0.582. The van der Waals surface area contributed by atoms with E-state index in [0.717, 1.165) is 45.9 Å². The smallest absolute Gasteiger partial charge is 0.264 e. The summed E-state index contributed by atoms with van der Waals surface area (Å²) in [4.78, 5) is 17.5. The van der Waals surface area contributed by atoms with Crippen LogP contribution in [-0.4, -0.2) is 33.2 Å². The van der Waals surface area contributed by atoms with Gasteiger partial charge in [-0.3, -0.25) is 4.79 Å². The molecule has 3 aromatic rings. The Labute approximate surface area is 170 Å². The van der Waals surface area contributed by atoms with Crippen molar-refractivity contribution in [3.8, 4) is 5.69 Å². The number of nitrogens with zero attached hydrogens (tertiary/aromatic N) is 3. The summed E-state index contributed by atoms with van der Waals surface area (Å²) >= 11 is 1.58. The fraction of sp³-hybridized carbons (Fsp3) is 0.478. The average molecular weight is 394 g/mol. The number of aromatic nitrogens is 2. The minimum absolute atomic E-state index is 0.201. The Balaban J connectivity index is 1.51. The number of carbonyl (C=O) groups excluding carboxylic acids is 1. The maximum atomic E-state index is 13.5. The van der Waals surface area contributed by atoms with Crippen LogP contribution in [0.5, 0.6) is 0 Å². The van der Waals surface area contributed by atoms with Gasteiger partial charge >= 0.3 is 0 Å². The van der Waals surface area contributed by atoms with E-state index in [-0.39, 0.29) is 11.3 Å². The first-order valence-electron chi connectivity index (χ1n) is 10.1. The largest absolute Gasteiger partial charge is 0.334 e. The molecule has 0 unspecified atom stereocenters. The first-order valence-corrected chi connectivity index (χ1v) is 10.9. The second-order valence-electron chi connectivity index (χ2n) is 9.81. The van der Waals surface area contributed by atoms with Crippen LogP contribution in [0.2, 0.25) is 0 Å². The number of rotatable bonds is 2. The molecule has 2 aromatic heterocycles. The molecule has 28 heavy (non-hydrogen) atoms. The van der Waals surface area contributed by atoms with Crippen LogP contribution in [0.15, 0.2) is 36.4 Å². The molecule has 0 N–H and O–H groups in total. The highest BCUT2D eigenvalue weighted by molar-refractivity contribution is 7.20. The van der Waals surface area contributed by atoms with Crippen LogP contribution in [-0.2, 0) is 0 Å². The highest BCUT2D eigenvalue weighted by Gasteiger charge is 2.51. The minimum Gasteiger partial charge on any atom is -0.334 e. The van der Waals surface area contributed by atoms with Crippen molar-refractivity contribution in [1.29, 1.82) is 0 Å². The van der Waals surface area contributed by atoms with Gasteiger partial charge in [-0.25, -0.2) is 4.68 Å². The van der Waals surface area contributed by atoms with Crippen LogP contribution < -0.4 is 0 Å². The molecular formula is C23H27N3OS. The van der Waals surface area contributed by atoms with Gasteiger partial charge < -0.3 is 4.90 Å². The van der Waals surface area contributed by atoms with Gasteiger partial charge in [-0.15, -0.1) is 11.3 Å². The van der Waals surface area contributed by atoms with Gasteiger partial charge in [-0.05, 0) is 55.2 Å². The van der Waals surface area contributed by atoms with Crippen molar-refractivity contribution in [2.75, 3.05) is 6.54 Å². The molecule has 2 aliphatic rings. The summed E-state index contributed by atoms with van der Waals surface area (Å²) in [5.74, 6) is 0.201. The Bertz CT molecular complexity index is 1060. The van der Waals surface area contributed by atoms with E-state index in [1.807, 2.05) is 29.8 Å². The summed E-state index contributed by atoms with van der Waals surface area (Å²) in [6.45, 7) is 9.97. The maximum absolute atomic E-state index is 13.5. The molecule has 5 heteroatoms. The second kappa shape index (κ2) is 5.93. The Hall–Kier alpha value is -2.14. The molecule has 5 rings (SSSR count). The lowest BCUT2D eigenvalue weighted by atomic mass is 9.65. The number of benzene rings is 1. The molecule has 1 aromatic carbocycles. The number of amides is 1. The third kappa shape index (κ3) is 2.79. The summed E-state index contributed by atoms with van der Waals surface area (Å²) in [6.07, 6.45) is 3.45. The van der Waals surface area contributed by atoms with E-state index in [4.69, 9.17) is 5.10 Å². The Morgan fingerprint density at radius 1 is 1.18 bits per heavy atom. The highest BCUT2D eigenvalue weighted by atomic mass is 32.1. The molecule has 1 saturated carbocycles. The first kappa shape index (κ1) is 17.9. The fourth-order valence-electron chi connectivity index (χ4n) is 5.74. The molecule has 1 amide bonds. The molecule has 2 atom stereocenters. The third-order valence-electron chi connectivity index (χ3n) is 6.43. The fourth-order valence-corrected chi connectivity index (χ4v) is 6.87.